The fourth-order valence-corrected chi connectivity index (χ4v) is 2.41. The van der Waals surface area contributed by atoms with Gasteiger partial charge in [0, 0.05) is 10.7 Å². The summed E-state index contributed by atoms with van der Waals surface area (Å²) in [7, 11) is 0. The number of nitrogens with two attached hydrogens (primary N) is 1. The second-order valence-corrected chi connectivity index (χ2v) is 5.23. The zero-order valence-corrected chi connectivity index (χ0v) is 12.2. The highest BCUT2D eigenvalue weighted by molar-refractivity contribution is 6.30. The van der Waals surface area contributed by atoms with Crippen molar-refractivity contribution in [3.8, 4) is 0 Å². The first-order chi connectivity index (χ1) is 9.49. The van der Waals surface area contributed by atoms with Crippen molar-refractivity contribution in [2.45, 2.75) is 19.9 Å². The third-order valence-corrected chi connectivity index (χ3v) is 3.52. The van der Waals surface area contributed by atoms with Crippen molar-refractivity contribution >= 4 is 23.2 Å². The normalized spacial score (nSPS) is 11.9. The average Bonchev–Trinajstić information content (AvgIpc) is 2.39. The molecule has 1 unspecified atom stereocenters. The van der Waals surface area contributed by atoms with E-state index in [4.69, 9.17) is 17.3 Å². The van der Waals surface area contributed by atoms with Crippen LogP contribution in [0.3, 0.4) is 0 Å². The zero-order chi connectivity index (χ0) is 14.7. The number of halogens is 1. The maximum absolute atomic E-state index is 11.8. The highest BCUT2D eigenvalue weighted by atomic mass is 35.5. The monoisotopic (exact) mass is 288 g/mol. The molecule has 0 aliphatic carbocycles. The summed E-state index contributed by atoms with van der Waals surface area (Å²) >= 11 is 5.86. The molecule has 104 valence electrons. The summed E-state index contributed by atoms with van der Waals surface area (Å²) in [5.41, 5.74) is 9.36. The Hall–Kier alpha value is -2.00. The number of anilines is 1. The van der Waals surface area contributed by atoms with Crippen molar-refractivity contribution in [1.82, 2.24) is 0 Å². The molecular weight excluding hydrogens is 272 g/mol. The maximum Gasteiger partial charge on any atom is 0.244 e. The molecule has 2 aromatic rings. The lowest BCUT2D eigenvalue weighted by molar-refractivity contribution is -0.118. The average molecular weight is 289 g/mol. The van der Waals surface area contributed by atoms with Gasteiger partial charge in [-0.15, -0.1) is 0 Å². The number of primary amides is 1. The minimum Gasteiger partial charge on any atom is -0.370 e. The zero-order valence-electron chi connectivity index (χ0n) is 11.5. The van der Waals surface area contributed by atoms with Gasteiger partial charge in [0.05, 0.1) is 0 Å². The molecular formula is C16H17ClN2O. The van der Waals surface area contributed by atoms with Crippen molar-refractivity contribution in [3.05, 3.63) is 64.2 Å². The fourth-order valence-electron chi connectivity index (χ4n) is 2.28. The van der Waals surface area contributed by atoms with Gasteiger partial charge >= 0.3 is 0 Å². The van der Waals surface area contributed by atoms with Crippen LogP contribution in [0.1, 0.15) is 22.7 Å². The number of carbonyl (C=O) groups is 1. The number of hydrogen-bond donors (Lipinski definition) is 2. The molecule has 0 heterocycles. The molecule has 0 bridgehead atoms. The van der Waals surface area contributed by atoms with Crippen LogP contribution in [0.15, 0.2) is 42.5 Å². The quantitative estimate of drug-likeness (QED) is 0.903. The first kappa shape index (κ1) is 14.4. The third kappa shape index (κ3) is 3.11. The van der Waals surface area contributed by atoms with E-state index in [0.717, 1.165) is 22.4 Å². The van der Waals surface area contributed by atoms with Gasteiger partial charge in [-0.1, -0.05) is 29.8 Å². The van der Waals surface area contributed by atoms with E-state index in [2.05, 4.69) is 5.32 Å². The summed E-state index contributed by atoms with van der Waals surface area (Å²) in [6, 6.07) is 12.5. The van der Waals surface area contributed by atoms with Gasteiger partial charge in [0.15, 0.2) is 0 Å². The van der Waals surface area contributed by atoms with E-state index in [0.29, 0.717) is 5.02 Å². The molecule has 0 saturated carbocycles. The first-order valence-electron chi connectivity index (χ1n) is 6.36. The van der Waals surface area contributed by atoms with Gasteiger partial charge in [0.1, 0.15) is 6.04 Å². The van der Waals surface area contributed by atoms with Crippen LogP contribution in [-0.4, -0.2) is 5.91 Å². The molecule has 4 heteroatoms. The molecule has 1 amide bonds. The first-order valence-corrected chi connectivity index (χ1v) is 6.74. The number of hydrogen-bond acceptors (Lipinski definition) is 2. The van der Waals surface area contributed by atoms with E-state index in [1.807, 2.05) is 44.2 Å². The van der Waals surface area contributed by atoms with Crippen LogP contribution in [0, 0.1) is 13.8 Å². The highest BCUT2D eigenvalue weighted by Gasteiger charge is 2.21. The number of amides is 1. The smallest absolute Gasteiger partial charge is 0.244 e. The Bertz CT molecular complexity index is 603. The topological polar surface area (TPSA) is 55.1 Å². The Balaban J connectivity index is 2.37. The highest BCUT2D eigenvalue weighted by Crippen LogP contribution is 2.26. The maximum atomic E-state index is 11.8. The van der Waals surface area contributed by atoms with Gasteiger partial charge in [0.25, 0.3) is 0 Å². The van der Waals surface area contributed by atoms with Crippen molar-refractivity contribution in [2.24, 2.45) is 5.73 Å². The van der Waals surface area contributed by atoms with E-state index in [1.54, 1.807) is 12.1 Å². The van der Waals surface area contributed by atoms with Crippen LogP contribution in [0.25, 0.3) is 0 Å². The van der Waals surface area contributed by atoms with E-state index in [9.17, 15) is 4.79 Å². The number of rotatable bonds is 4. The lowest BCUT2D eigenvalue weighted by Crippen LogP contribution is -2.29. The molecule has 0 saturated heterocycles. The van der Waals surface area contributed by atoms with Crippen LogP contribution >= 0.6 is 11.6 Å². The Kier molecular flexibility index (Phi) is 4.30. The summed E-state index contributed by atoms with van der Waals surface area (Å²) in [5.74, 6) is -0.405. The SMILES string of the molecule is Cc1cccc(C)c1C(Nc1ccc(Cl)cc1)C(N)=O. The van der Waals surface area contributed by atoms with Crippen LogP contribution in [0.5, 0.6) is 0 Å². The molecule has 0 aliphatic heterocycles. The van der Waals surface area contributed by atoms with Crippen LogP contribution in [0.4, 0.5) is 5.69 Å². The number of benzene rings is 2. The minimum absolute atomic E-state index is 0.405. The predicted molar refractivity (Wildman–Crippen MR) is 82.9 cm³/mol. The van der Waals surface area contributed by atoms with Crippen molar-refractivity contribution in [1.29, 1.82) is 0 Å². The molecule has 0 radical (unpaired) electrons. The Labute approximate surface area is 123 Å². The summed E-state index contributed by atoms with van der Waals surface area (Å²) in [6.07, 6.45) is 0. The van der Waals surface area contributed by atoms with E-state index in [-0.39, 0.29) is 0 Å². The Morgan fingerprint density at radius 3 is 2.15 bits per heavy atom. The summed E-state index contributed by atoms with van der Waals surface area (Å²) in [6.45, 7) is 3.95. The van der Waals surface area contributed by atoms with Gasteiger partial charge in [-0.25, -0.2) is 0 Å². The second-order valence-electron chi connectivity index (χ2n) is 4.79. The molecule has 20 heavy (non-hydrogen) atoms. The molecule has 2 rings (SSSR count). The predicted octanol–water partition coefficient (Wildman–Crippen LogP) is 3.60. The molecule has 0 spiro atoms. The number of carbonyl (C=O) groups excluding carboxylic acids is 1. The van der Waals surface area contributed by atoms with E-state index in [1.165, 1.54) is 0 Å². The van der Waals surface area contributed by atoms with E-state index < -0.39 is 11.9 Å². The van der Waals surface area contributed by atoms with Crippen LogP contribution in [-0.2, 0) is 4.79 Å². The van der Waals surface area contributed by atoms with Gasteiger partial charge in [-0.3, -0.25) is 4.79 Å². The fraction of sp³-hybridized carbons (Fsp3) is 0.188. The lowest BCUT2D eigenvalue weighted by Gasteiger charge is -2.21. The molecule has 1 atom stereocenters. The van der Waals surface area contributed by atoms with Gasteiger partial charge in [-0.05, 0) is 54.8 Å². The molecule has 2 aromatic carbocycles. The standard InChI is InChI=1S/C16H17ClN2O/c1-10-4-3-5-11(2)14(10)15(16(18)20)19-13-8-6-12(17)7-9-13/h3-9,15,19H,1-2H3,(H2,18,20). The summed E-state index contributed by atoms with van der Waals surface area (Å²) in [4.78, 5) is 11.8. The van der Waals surface area contributed by atoms with Crippen LogP contribution < -0.4 is 11.1 Å². The molecule has 0 fully saturated rings. The van der Waals surface area contributed by atoms with Crippen molar-refractivity contribution in [3.63, 3.8) is 0 Å². The largest absolute Gasteiger partial charge is 0.370 e. The van der Waals surface area contributed by atoms with Crippen molar-refractivity contribution < 1.29 is 4.79 Å². The minimum atomic E-state index is -0.558. The third-order valence-electron chi connectivity index (χ3n) is 3.27. The van der Waals surface area contributed by atoms with Crippen molar-refractivity contribution in [2.75, 3.05) is 5.32 Å². The number of aryl methyl sites for hydroxylation is 2. The molecule has 3 N–H and O–H groups in total. The molecule has 0 aromatic heterocycles. The Morgan fingerprint density at radius 1 is 1.10 bits per heavy atom. The summed E-state index contributed by atoms with van der Waals surface area (Å²) in [5, 5.41) is 3.82. The summed E-state index contributed by atoms with van der Waals surface area (Å²) < 4.78 is 0. The second kappa shape index (κ2) is 5.97. The van der Waals surface area contributed by atoms with E-state index >= 15 is 0 Å². The van der Waals surface area contributed by atoms with Gasteiger partial charge < -0.3 is 11.1 Å². The molecule has 0 aliphatic rings. The van der Waals surface area contributed by atoms with Crippen LogP contribution in [0.2, 0.25) is 5.02 Å². The van der Waals surface area contributed by atoms with Gasteiger partial charge in [-0.2, -0.15) is 0 Å². The Morgan fingerprint density at radius 2 is 1.65 bits per heavy atom. The van der Waals surface area contributed by atoms with Gasteiger partial charge in [0.2, 0.25) is 5.91 Å². The lowest BCUT2D eigenvalue weighted by atomic mass is 9.95. The molecule has 3 nitrogen and oxygen atoms in total. The number of nitrogens with one attached hydrogen (secondary N) is 1.